The zero-order valence-electron chi connectivity index (χ0n) is 10.5. The standard InChI is InChI=1S/C12H17N3O4/c13-5-9-1-2-14-6-11(9)19-8-10-7-18-4-3-15(10)12(16)17/h1-2,6,10H,3-5,7-8,13H2,(H,16,17)/t10-/m0/s1. The summed E-state index contributed by atoms with van der Waals surface area (Å²) in [6.45, 7) is 1.70. The van der Waals surface area contributed by atoms with Crippen LogP contribution in [0.5, 0.6) is 5.75 Å². The van der Waals surface area contributed by atoms with Crippen LogP contribution in [-0.2, 0) is 11.3 Å². The van der Waals surface area contributed by atoms with Crippen LogP contribution in [0.25, 0.3) is 0 Å². The van der Waals surface area contributed by atoms with Crippen molar-refractivity contribution >= 4 is 6.09 Å². The lowest BCUT2D eigenvalue weighted by molar-refractivity contribution is -0.0149. The summed E-state index contributed by atoms with van der Waals surface area (Å²) in [5.74, 6) is 0.584. The second-order valence-corrected chi connectivity index (χ2v) is 4.20. The molecule has 0 bridgehead atoms. The maximum atomic E-state index is 11.1. The summed E-state index contributed by atoms with van der Waals surface area (Å²) >= 11 is 0. The summed E-state index contributed by atoms with van der Waals surface area (Å²) < 4.78 is 10.9. The van der Waals surface area contributed by atoms with Crippen LogP contribution < -0.4 is 10.5 Å². The molecule has 0 unspecified atom stereocenters. The lowest BCUT2D eigenvalue weighted by atomic mass is 10.2. The lowest BCUT2D eigenvalue weighted by Gasteiger charge is -2.33. The summed E-state index contributed by atoms with van der Waals surface area (Å²) in [7, 11) is 0. The van der Waals surface area contributed by atoms with Crippen molar-refractivity contribution in [3.8, 4) is 5.75 Å². The number of pyridine rings is 1. The molecule has 1 aliphatic heterocycles. The topological polar surface area (TPSA) is 97.9 Å². The molecule has 0 aliphatic carbocycles. The molecule has 1 amide bonds. The second kappa shape index (κ2) is 6.35. The number of hydrogen-bond donors (Lipinski definition) is 2. The molecule has 2 rings (SSSR count). The average Bonchev–Trinajstić information content (AvgIpc) is 2.45. The van der Waals surface area contributed by atoms with Gasteiger partial charge in [0.1, 0.15) is 12.4 Å². The van der Waals surface area contributed by atoms with Gasteiger partial charge in [0.15, 0.2) is 0 Å². The number of rotatable bonds is 4. The van der Waals surface area contributed by atoms with Crippen LogP contribution in [0.2, 0.25) is 0 Å². The van der Waals surface area contributed by atoms with Crippen molar-refractivity contribution in [2.24, 2.45) is 5.73 Å². The fraction of sp³-hybridized carbons (Fsp3) is 0.500. The Hall–Kier alpha value is -1.86. The molecule has 0 spiro atoms. The first kappa shape index (κ1) is 13.6. The Labute approximate surface area is 110 Å². The van der Waals surface area contributed by atoms with Crippen molar-refractivity contribution in [1.29, 1.82) is 0 Å². The molecular formula is C12H17N3O4. The Morgan fingerprint density at radius 2 is 2.53 bits per heavy atom. The van der Waals surface area contributed by atoms with E-state index < -0.39 is 6.09 Å². The highest BCUT2D eigenvalue weighted by Crippen LogP contribution is 2.17. The van der Waals surface area contributed by atoms with Gasteiger partial charge in [0, 0.05) is 24.8 Å². The number of amides is 1. The molecule has 1 atom stereocenters. The smallest absolute Gasteiger partial charge is 0.407 e. The monoisotopic (exact) mass is 267 g/mol. The molecule has 19 heavy (non-hydrogen) atoms. The zero-order chi connectivity index (χ0) is 13.7. The highest BCUT2D eigenvalue weighted by molar-refractivity contribution is 5.65. The largest absolute Gasteiger partial charge is 0.489 e. The maximum Gasteiger partial charge on any atom is 0.407 e. The fourth-order valence-electron chi connectivity index (χ4n) is 1.94. The Morgan fingerprint density at radius 1 is 1.68 bits per heavy atom. The number of ether oxygens (including phenoxy) is 2. The Bertz CT molecular complexity index is 441. The summed E-state index contributed by atoms with van der Waals surface area (Å²) in [4.78, 5) is 16.4. The molecule has 1 aromatic rings. The van der Waals surface area contributed by atoms with Crippen LogP contribution >= 0.6 is 0 Å². The number of carboxylic acid groups (broad SMARTS) is 1. The van der Waals surface area contributed by atoms with Crippen molar-refractivity contribution in [3.63, 3.8) is 0 Å². The minimum absolute atomic E-state index is 0.227. The second-order valence-electron chi connectivity index (χ2n) is 4.20. The molecule has 7 heteroatoms. The Balaban J connectivity index is 1.98. The summed E-state index contributed by atoms with van der Waals surface area (Å²) in [5, 5.41) is 9.09. The molecular weight excluding hydrogens is 250 g/mol. The molecule has 2 heterocycles. The molecule has 1 saturated heterocycles. The minimum Gasteiger partial charge on any atom is -0.489 e. The van der Waals surface area contributed by atoms with E-state index in [0.717, 1.165) is 5.56 Å². The first-order chi connectivity index (χ1) is 9.22. The number of aromatic nitrogens is 1. The molecule has 0 saturated carbocycles. The summed E-state index contributed by atoms with van der Waals surface area (Å²) in [6.07, 6.45) is 2.27. The van der Waals surface area contributed by atoms with Crippen molar-refractivity contribution < 1.29 is 19.4 Å². The van der Waals surface area contributed by atoms with Crippen molar-refractivity contribution in [2.45, 2.75) is 12.6 Å². The number of hydrogen-bond acceptors (Lipinski definition) is 5. The van der Waals surface area contributed by atoms with Gasteiger partial charge in [-0.05, 0) is 6.07 Å². The van der Waals surface area contributed by atoms with Gasteiger partial charge in [-0.3, -0.25) is 9.88 Å². The van der Waals surface area contributed by atoms with E-state index in [1.165, 1.54) is 4.90 Å². The van der Waals surface area contributed by atoms with E-state index in [9.17, 15) is 4.79 Å². The van der Waals surface area contributed by atoms with Gasteiger partial charge in [-0.15, -0.1) is 0 Å². The van der Waals surface area contributed by atoms with Crippen molar-refractivity contribution in [1.82, 2.24) is 9.88 Å². The van der Waals surface area contributed by atoms with Crippen molar-refractivity contribution in [2.75, 3.05) is 26.4 Å². The first-order valence-electron chi connectivity index (χ1n) is 6.05. The molecule has 0 aromatic carbocycles. The molecule has 104 valence electrons. The van der Waals surface area contributed by atoms with Gasteiger partial charge in [-0.1, -0.05) is 0 Å². The third kappa shape index (κ3) is 3.33. The molecule has 7 nitrogen and oxygen atoms in total. The van der Waals surface area contributed by atoms with E-state index in [1.807, 2.05) is 0 Å². The van der Waals surface area contributed by atoms with Gasteiger partial charge in [0.05, 0.1) is 25.5 Å². The summed E-state index contributed by atoms with van der Waals surface area (Å²) in [5.41, 5.74) is 6.44. The van der Waals surface area contributed by atoms with E-state index in [0.29, 0.717) is 32.1 Å². The predicted molar refractivity (Wildman–Crippen MR) is 67.0 cm³/mol. The first-order valence-corrected chi connectivity index (χ1v) is 6.05. The molecule has 0 radical (unpaired) electrons. The van der Waals surface area contributed by atoms with E-state index in [4.69, 9.17) is 20.3 Å². The third-order valence-corrected chi connectivity index (χ3v) is 2.99. The van der Waals surface area contributed by atoms with Crippen LogP contribution in [0.15, 0.2) is 18.5 Å². The number of morpholine rings is 1. The van der Waals surface area contributed by atoms with Gasteiger partial charge >= 0.3 is 6.09 Å². The normalized spacial score (nSPS) is 19.2. The van der Waals surface area contributed by atoms with Gasteiger partial charge in [-0.2, -0.15) is 0 Å². The SMILES string of the molecule is NCc1ccncc1OC[C@@H]1COCCN1C(=O)O. The number of nitrogens with two attached hydrogens (primary N) is 1. The average molecular weight is 267 g/mol. The lowest BCUT2D eigenvalue weighted by Crippen LogP contribution is -2.50. The zero-order valence-corrected chi connectivity index (χ0v) is 10.5. The van der Waals surface area contributed by atoms with Gasteiger partial charge in [-0.25, -0.2) is 4.79 Å². The van der Waals surface area contributed by atoms with Crippen LogP contribution in [0.4, 0.5) is 4.79 Å². The minimum atomic E-state index is -0.956. The van der Waals surface area contributed by atoms with E-state index in [1.54, 1.807) is 18.5 Å². The number of carbonyl (C=O) groups is 1. The van der Waals surface area contributed by atoms with Crippen LogP contribution in [0.1, 0.15) is 5.56 Å². The van der Waals surface area contributed by atoms with Crippen LogP contribution in [0.3, 0.4) is 0 Å². The number of nitrogens with zero attached hydrogens (tertiary/aromatic N) is 2. The third-order valence-electron chi connectivity index (χ3n) is 2.99. The van der Waals surface area contributed by atoms with Crippen molar-refractivity contribution in [3.05, 3.63) is 24.0 Å². The van der Waals surface area contributed by atoms with Crippen LogP contribution in [-0.4, -0.2) is 53.5 Å². The van der Waals surface area contributed by atoms with Gasteiger partial charge < -0.3 is 20.3 Å². The van der Waals surface area contributed by atoms with E-state index in [2.05, 4.69) is 4.98 Å². The van der Waals surface area contributed by atoms with Gasteiger partial charge in [0.2, 0.25) is 0 Å². The quantitative estimate of drug-likeness (QED) is 0.814. The molecule has 1 fully saturated rings. The maximum absolute atomic E-state index is 11.1. The Morgan fingerprint density at radius 3 is 3.26 bits per heavy atom. The predicted octanol–water partition coefficient (Wildman–Crippen LogP) is 0.298. The van der Waals surface area contributed by atoms with Crippen LogP contribution in [0, 0.1) is 0 Å². The van der Waals surface area contributed by atoms with E-state index in [-0.39, 0.29) is 12.6 Å². The Kier molecular flexibility index (Phi) is 4.53. The fourth-order valence-corrected chi connectivity index (χ4v) is 1.94. The highest BCUT2D eigenvalue weighted by Gasteiger charge is 2.27. The summed E-state index contributed by atoms with van der Waals surface area (Å²) in [6, 6.07) is 1.47. The highest BCUT2D eigenvalue weighted by atomic mass is 16.5. The van der Waals surface area contributed by atoms with Gasteiger partial charge in [0.25, 0.3) is 0 Å². The molecule has 1 aliphatic rings. The van der Waals surface area contributed by atoms with E-state index >= 15 is 0 Å². The molecule has 1 aromatic heterocycles. The molecule has 3 N–H and O–H groups in total.